The van der Waals surface area contributed by atoms with Crippen molar-refractivity contribution in [3.05, 3.63) is 24.3 Å². The van der Waals surface area contributed by atoms with E-state index in [1.807, 2.05) is 0 Å². The van der Waals surface area contributed by atoms with Crippen LogP contribution in [0.25, 0.3) is 0 Å². The Balaban J connectivity index is 2.98. The van der Waals surface area contributed by atoms with Crippen molar-refractivity contribution in [1.82, 2.24) is 0 Å². The Labute approximate surface area is 174 Å². The van der Waals surface area contributed by atoms with E-state index in [2.05, 4.69) is 107 Å². The minimum atomic E-state index is -2.03. The van der Waals surface area contributed by atoms with Crippen LogP contribution in [-0.4, -0.2) is 33.2 Å². The van der Waals surface area contributed by atoms with E-state index < -0.39 is 33.2 Å². The van der Waals surface area contributed by atoms with E-state index in [0.29, 0.717) is 0 Å². The maximum absolute atomic E-state index is 6.59. The fourth-order valence-corrected chi connectivity index (χ4v) is 19.8. The standard InChI is InChI=1S/C6H6O2.4C4H9.2Ga/c7-5-1-2-6(8)4-3-5;4*1-4(2)3;;/h1-4,7-8H;4*1-3H3;;/q;;;;;2*+1/p-2. The zero-order valence-corrected chi connectivity index (χ0v) is 24.1. The molecule has 0 radical (unpaired) electrons. The zero-order valence-electron chi connectivity index (χ0n) is 19.3. The Kier molecular flexibility index (Phi) is 7.63. The second-order valence-corrected chi connectivity index (χ2v) is 30.6. The number of rotatable bonds is 4. The summed E-state index contributed by atoms with van der Waals surface area (Å²) in [7, 11) is 0. The van der Waals surface area contributed by atoms with Gasteiger partial charge in [-0.05, 0) is 0 Å². The van der Waals surface area contributed by atoms with Gasteiger partial charge in [-0.15, -0.1) is 0 Å². The Morgan fingerprint density at radius 3 is 0.808 bits per heavy atom. The third-order valence-corrected chi connectivity index (χ3v) is 19.8. The van der Waals surface area contributed by atoms with Crippen LogP contribution in [0.2, 0.25) is 15.9 Å². The van der Waals surface area contributed by atoms with Crippen molar-refractivity contribution >= 4 is 33.2 Å². The first kappa shape index (κ1) is 24.1. The summed E-state index contributed by atoms with van der Waals surface area (Å²) in [6.07, 6.45) is 0. The van der Waals surface area contributed by atoms with Crippen molar-refractivity contribution in [2.45, 2.75) is 99.0 Å². The average Bonchev–Trinajstić information content (AvgIpc) is 2.38. The van der Waals surface area contributed by atoms with Gasteiger partial charge in [0.15, 0.2) is 0 Å². The Morgan fingerprint density at radius 1 is 0.462 bits per heavy atom. The van der Waals surface area contributed by atoms with Crippen LogP contribution in [0.5, 0.6) is 11.5 Å². The summed E-state index contributed by atoms with van der Waals surface area (Å²) in [4.78, 5) is 0. The topological polar surface area (TPSA) is 18.5 Å². The monoisotopic (exact) mass is 474 g/mol. The number of hydrogen-bond acceptors (Lipinski definition) is 2. The van der Waals surface area contributed by atoms with E-state index in [1.165, 1.54) is 0 Å². The van der Waals surface area contributed by atoms with Crippen molar-refractivity contribution in [3.63, 3.8) is 0 Å². The predicted molar refractivity (Wildman–Crippen MR) is 118 cm³/mol. The maximum atomic E-state index is 6.59. The molecule has 0 heterocycles. The molecule has 0 bridgehead atoms. The summed E-state index contributed by atoms with van der Waals surface area (Å²) >= 11 is -4.05. The predicted octanol–water partition coefficient (Wildman–Crippen LogP) is 7.63. The molecule has 1 rings (SSSR count). The summed E-state index contributed by atoms with van der Waals surface area (Å²) in [5.41, 5.74) is 0. The van der Waals surface area contributed by atoms with E-state index in [0.717, 1.165) is 11.5 Å². The molecule has 0 amide bonds. The summed E-state index contributed by atoms with van der Waals surface area (Å²) in [5, 5.41) is 0. The molecule has 1 aromatic carbocycles. The molecule has 0 fully saturated rings. The molecule has 0 saturated carbocycles. The molecule has 0 atom stereocenters. The van der Waals surface area contributed by atoms with Crippen LogP contribution in [0, 0.1) is 0 Å². The normalized spacial score (nSPS) is 13.4. The molecule has 26 heavy (non-hydrogen) atoms. The van der Waals surface area contributed by atoms with Gasteiger partial charge in [0.25, 0.3) is 0 Å². The minimum absolute atomic E-state index is 0.263. The molecular weight excluding hydrogens is 436 g/mol. The fraction of sp³-hybridized carbons (Fsp3) is 0.727. The van der Waals surface area contributed by atoms with Gasteiger partial charge in [-0.3, -0.25) is 0 Å². The van der Waals surface area contributed by atoms with Gasteiger partial charge in [-0.25, -0.2) is 0 Å². The Hall–Kier alpha value is 0.0927. The summed E-state index contributed by atoms with van der Waals surface area (Å²) in [5.74, 6) is 2.01. The van der Waals surface area contributed by atoms with Gasteiger partial charge in [0.2, 0.25) is 0 Å². The second-order valence-electron chi connectivity index (χ2n) is 11.9. The first-order chi connectivity index (χ1) is 11.4. The van der Waals surface area contributed by atoms with E-state index >= 15 is 0 Å². The van der Waals surface area contributed by atoms with Gasteiger partial charge in [0, 0.05) is 0 Å². The first-order valence-electron chi connectivity index (χ1n) is 9.86. The van der Waals surface area contributed by atoms with Crippen LogP contribution in [0.3, 0.4) is 0 Å². The van der Waals surface area contributed by atoms with Crippen molar-refractivity contribution in [1.29, 1.82) is 0 Å². The SMILES string of the molecule is C[C](C)(C)[Ga]([O]c1ccc([O][Ga]([C](C)(C)C)[C](C)(C)C)cc1)[C](C)(C)C. The van der Waals surface area contributed by atoms with E-state index in [9.17, 15) is 0 Å². The van der Waals surface area contributed by atoms with Crippen LogP contribution in [0.1, 0.15) is 83.1 Å². The number of hydrogen-bond donors (Lipinski definition) is 0. The average molecular weight is 476 g/mol. The summed E-state index contributed by atoms with van der Waals surface area (Å²) in [6, 6.07) is 8.43. The van der Waals surface area contributed by atoms with Crippen molar-refractivity contribution in [2.24, 2.45) is 0 Å². The molecule has 2 nitrogen and oxygen atoms in total. The molecule has 1 aromatic rings. The zero-order chi connectivity index (χ0) is 20.6. The van der Waals surface area contributed by atoms with Gasteiger partial charge < -0.3 is 0 Å². The molecule has 146 valence electrons. The molecule has 0 aliphatic carbocycles. The summed E-state index contributed by atoms with van der Waals surface area (Å²) < 4.78 is 14.2. The molecular formula is C22H40Ga2O2. The van der Waals surface area contributed by atoms with Crippen molar-refractivity contribution in [2.75, 3.05) is 0 Å². The number of benzene rings is 1. The van der Waals surface area contributed by atoms with Gasteiger partial charge in [-0.1, -0.05) is 0 Å². The van der Waals surface area contributed by atoms with E-state index in [4.69, 9.17) is 7.06 Å². The van der Waals surface area contributed by atoms with Gasteiger partial charge in [-0.2, -0.15) is 0 Å². The van der Waals surface area contributed by atoms with Crippen LogP contribution >= 0.6 is 0 Å². The van der Waals surface area contributed by atoms with Crippen molar-refractivity contribution in [3.8, 4) is 11.5 Å². The Morgan fingerprint density at radius 2 is 0.654 bits per heavy atom. The molecule has 0 aliphatic heterocycles. The Bertz CT molecular complexity index is 486. The fourth-order valence-electron chi connectivity index (χ4n) is 4.17. The van der Waals surface area contributed by atoms with Crippen LogP contribution in [0.4, 0.5) is 0 Å². The van der Waals surface area contributed by atoms with Crippen molar-refractivity contribution < 1.29 is 7.06 Å². The van der Waals surface area contributed by atoms with Gasteiger partial charge >= 0.3 is 175 Å². The summed E-state index contributed by atoms with van der Waals surface area (Å²) in [6.45, 7) is 27.9. The third-order valence-electron chi connectivity index (χ3n) is 4.48. The van der Waals surface area contributed by atoms with Crippen LogP contribution in [0.15, 0.2) is 24.3 Å². The second kappa shape index (κ2) is 8.22. The van der Waals surface area contributed by atoms with Gasteiger partial charge in [0.1, 0.15) is 0 Å². The molecule has 0 aromatic heterocycles. The quantitative estimate of drug-likeness (QED) is 0.417. The third kappa shape index (κ3) is 7.25. The molecule has 4 heteroatoms. The molecule has 0 aliphatic rings. The van der Waals surface area contributed by atoms with E-state index in [-0.39, 0.29) is 15.9 Å². The first-order valence-corrected chi connectivity index (χ1v) is 16.7. The van der Waals surface area contributed by atoms with Crippen LogP contribution in [-0.2, 0) is 0 Å². The van der Waals surface area contributed by atoms with E-state index in [1.54, 1.807) is 0 Å². The van der Waals surface area contributed by atoms with Gasteiger partial charge in [0.05, 0.1) is 0 Å². The molecule has 0 saturated heterocycles. The molecule has 0 N–H and O–H groups in total. The van der Waals surface area contributed by atoms with Crippen LogP contribution < -0.4 is 7.06 Å². The molecule has 0 unspecified atom stereocenters. The molecule has 0 spiro atoms.